The Labute approximate surface area is 112 Å². The summed E-state index contributed by atoms with van der Waals surface area (Å²) in [5, 5.41) is 7.28. The number of nitrogens with zero attached hydrogens (tertiary/aromatic N) is 2. The lowest BCUT2D eigenvalue weighted by Crippen LogP contribution is -1.95. The summed E-state index contributed by atoms with van der Waals surface area (Å²) in [5.74, 6) is 3.72. The minimum atomic E-state index is 0.575. The first kappa shape index (κ1) is 12.0. The second kappa shape index (κ2) is 4.91. The van der Waals surface area contributed by atoms with Gasteiger partial charge < -0.3 is 9.47 Å². The molecule has 1 aliphatic rings. The van der Waals surface area contributed by atoms with Crippen LogP contribution in [0.1, 0.15) is 31.5 Å². The van der Waals surface area contributed by atoms with Crippen molar-refractivity contribution in [1.82, 2.24) is 15.2 Å². The highest BCUT2D eigenvalue weighted by atomic mass is 16.5. The number of hydrogen-bond donors (Lipinski definition) is 1. The van der Waals surface area contributed by atoms with Crippen LogP contribution >= 0.6 is 0 Å². The third-order valence-electron chi connectivity index (χ3n) is 3.19. The van der Waals surface area contributed by atoms with Gasteiger partial charge in [0.25, 0.3) is 0 Å². The van der Waals surface area contributed by atoms with E-state index in [1.54, 1.807) is 7.11 Å². The topological polar surface area (TPSA) is 60.0 Å². The van der Waals surface area contributed by atoms with Gasteiger partial charge in [-0.2, -0.15) is 5.10 Å². The molecule has 0 aliphatic heterocycles. The number of nitrogens with one attached hydrogen (secondary N) is 1. The highest BCUT2D eigenvalue weighted by Crippen LogP contribution is 2.39. The Bertz CT molecular complexity index is 576. The Morgan fingerprint density at radius 3 is 2.84 bits per heavy atom. The number of methoxy groups -OCH3 is 1. The molecule has 100 valence electrons. The van der Waals surface area contributed by atoms with Crippen LogP contribution in [0.3, 0.4) is 0 Å². The molecule has 0 atom stereocenters. The van der Waals surface area contributed by atoms with Crippen molar-refractivity contribution in [3.63, 3.8) is 0 Å². The Morgan fingerprint density at radius 2 is 2.16 bits per heavy atom. The van der Waals surface area contributed by atoms with Gasteiger partial charge >= 0.3 is 0 Å². The molecule has 1 aromatic heterocycles. The molecule has 5 heteroatoms. The zero-order valence-corrected chi connectivity index (χ0v) is 11.1. The second-order valence-corrected chi connectivity index (χ2v) is 4.62. The molecule has 0 saturated heterocycles. The third-order valence-corrected chi connectivity index (χ3v) is 3.19. The van der Waals surface area contributed by atoms with Crippen LogP contribution in [0.25, 0.3) is 11.4 Å². The van der Waals surface area contributed by atoms with Crippen LogP contribution < -0.4 is 9.47 Å². The van der Waals surface area contributed by atoms with Crippen LogP contribution in [0.15, 0.2) is 18.2 Å². The van der Waals surface area contributed by atoms with E-state index in [1.807, 2.05) is 25.1 Å². The van der Waals surface area contributed by atoms with E-state index in [9.17, 15) is 0 Å². The van der Waals surface area contributed by atoms with Gasteiger partial charge in [-0.05, 0) is 38.0 Å². The van der Waals surface area contributed by atoms with Crippen molar-refractivity contribution >= 4 is 0 Å². The molecule has 2 aromatic rings. The molecule has 0 radical (unpaired) electrons. The summed E-state index contributed by atoms with van der Waals surface area (Å²) >= 11 is 0. The van der Waals surface area contributed by atoms with Crippen LogP contribution in [-0.2, 0) is 0 Å². The lowest BCUT2D eigenvalue weighted by Gasteiger charge is -2.09. The van der Waals surface area contributed by atoms with Crippen molar-refractivity contribution in [3.05, 3.63) is 24.0 Å². The highest BCUT2D eigenvalue weighted by Gasteiger charge is 2.27. The predicted molar refractivity (Wildman–Crippen MR) is 71.5 cm³/mol. The Kier molecular flexibility index (Phi) is 3.11. The van der Waals surface area contributed by atoms with Crippen molar-refractivity contribution in [3.8, 4) is 22.9 Å². The lowest BCUT2D eigenvalue weighted by molar-refractivity contribution is 0.311. The van der Waals surface area contributed by atoms with E-state index in [0.29, 0.717) is 24.1 Å². The monoisotopic (exact) mass is 259 g/mol. The fourth-order valence-corrected chi connectivity index (χ4v) is 2.02. The number of rotatable bonds is 5. The van der Waals surface area contributed by atoms with E-state index in [1.165, 1.54) is 12.8 Å². The predicted octanol–water partition coefficient (Wildman–Crippen LogP) is 2.76. The van der Waals surface area contributed by atoms with Crippen molar-refractivity contribution in [2.45, 2.75) is 25.7 Å². The van der Waals surface area contributed by atoms with Gasteiger partial charge in [-0.3, -0.25) is 5.10 Å². The van der Waals surface area contributed by atoms with E-state index < -0.39 is 0 Å². The first-order chi connectivity index (χ1) is 9.31. The zero-order chi connectivity index (χ0) is 13.2. The van der Waals surface area contributed by atoms with E-state index in [0.717, 1.165) is 17.1 Å². The van der Waals surface area contributed by atoms with Gasteiger partial charge in [0.15, 0.2) is 17.3 Å². The SMILES string of the molecule is CCOc1ccc(-c2n[nH]c(C3CC3)n2)cc1OC. The fraction of sp³-hybridized carbons (Fsp3) is 0.429. The average Bonchev–Trinajstić information content (AvgIpc) is 3.17. The fourth-order valence-electron chi connectivity index (χ4n) is 2.02. The van der Waals surface area contributed by atoms with Gasteiger partial charge in [0.2, 0.25) is 0 Å². The summed E-state index contributed by atoms with van der Waals surface area (Å²) in [7, 11) is 1.63. The molecule has 0 unspecified atom stereocenters. The maximum atomic E-state index is 5.50. The largest absolute Gasteiger partial charge is 0.493 e. The number of ether oxygens (including phenoxy) is 2. The van der Waals surface area contributed by atoms with Crippen molar-refractivity contribution in [2.24, 2.45) is 0 Å². The van der Waals surface area contributed by atoms with Gasteiger partial charge in [0.1, 0.15) is 5.82 Å². The van der Waals surface area contributed by atoms with E-state index in [4.69, 9.17) is 9.47 Å². The van der Waals surface area contributed by atoms with Crippen LogP contribution in [0, 0.1) is 0 Å². The van der Waals surface area contributed by atoms with E-state index in [-0.39, 0.29) is 0 Å². The molecule has 0 spiro atoms. The molecule has 19 heavy (non-hydrogen) atoms. The smallest absolute Gasteiger partial charge is 0.181 e. The summed E-state index contributed by atoms with van der Waals surface area (Å²) in [6.07, 6.45) is 2.42. The molecule has 1 N–H and O–H groups in total. The molecule has 1 heterocycles. The van der Waals surface area contributed by atoms with Gasteiger partial charge in [0.05, 0.1) is 13.7 Å². The number of hydrogen-bond acceptors (Lipinski definition) is 4. The average molecular weight is 259 g/mol. The Balaban J connectivity index is 1.90. The standard InChI is InChI=1S/C14H17N3O2/c1-3-19-11-7-6-10(8-12(11)18-2)14-15-13(16-17-14)9-4-5-9/h6-9H,3-5H2,1-2H3,(H,15,16,17). The van der Waals surface area contributed by atoms with Crippen LogP contribution in [-0.4, -0.2) is 28.9 Å². The first-order valence-corrected chi connectivity index (χ1v) is 6.55. The van der Waals surface area contributed by atoms with Crippen molar-refractivity contribution in [1.29, 1.82) is 0 Å². The molecule has 0 amide bonds. The number of aromatic amines is 1. The van der Waals surface area contributed by atoms with Crippen molar-refractivity contribution in [2.75, 3.05) is 13.7 Å². The van der Waals surface area contributed by atoms with Crippen LogP contribution in [0.2, 0.25) is 0 Å². The van der Waals surface area contributed by atoms with Gasteiger partial charge in [-0.15, -0.1) is 0 Å². The Morgan fingerprint density at radius 1 is 1.32 bits per heavy atom. The van der Waals surface area contributed by atoms with Gasteiger partial charge in [0, 0.05) is 11.5 Å². The molecular weight excluding hydrogens is 242 g/mol. The molecule has 1 aliphatic carbocycles. The van der Waals surface area contributed by atoms with Crippen LogP contribution in [0.4, 0.5) is 0 Å². The van der Waals surface area contributed by atoms with E-state index >= 15 is 0 Å². The minimum absolute atomic E-state index is 0.575. The van der Waals surface area contributed by atoms with Gasteiger partial charge in [-0.25, -0.2) is 4.98 Å². The number of benzene rings is 1. The third kappa shape index (κ3) is 2.41. The first-order valence-electron chi connectivity index (χ1n) is 6.55. The number of aromatic nitrogens is 3. The molecule has 1 fully saturated rings. The van der Waals surface area contributed by atoms with Crippen molar-refractivity contribution < 1.29 is 9.47 Å². The van der Waals surface area contributed by atoms with Crippen LogP contribution in [0.5, 0.6) is 11.5 Å². The summed E-state index contributed by atoms with van der Waals surface area (Å²) in [5.41, 5.74) is 0.934. The quantitative estimate of drug-likeness (QED) is 0.897. The zero-order valence-electron chi connectivity index (χ0n) is 11.1. The summed E-state index contributed by atoms with van der Waals surface area (Å²) in [6, 6.07) is 5.75. The summed E-state index contributed by atoms with van der Waals surface area (Å²) in [4.78, 5) is 4.53. The summed E-state index contributed by atoms with van der Waals surface area (Å²) in [6.45, 7) is 2.56. The molecule has 1 saturated carbocycles. The maximum Gasteiger partial charge on any atom is 0.181 e. The molecule has 0 bridgehead atoms. The molecular formula is C14H17N3O2. The summed E-state index contributed by atoms with van der Waals surface area (Å²) < 4.78 is 10.8. The highest BCUT2D eigenvalue weighted by molar-refractivity contribution is 5.61. The van der Waals surface area contributed by atoms with Gasteiger partial charge in [-0.1, -0.05) is 0 Å². The molecule has 1 aromatic carbocycles. The number of H-pyrrole nitrogens is 1. The minimum Gasteiger partial charge on any atom is -0.493 e. The second-order valence-electron chi connectivity index (χ2n) is 4.62. The lowest BCUT2D eigenvalue weighted by atomic mass is 10.2. The normalized spacial score (nSPS) is 14.4. The Hall–Kier alpha value is -2.04. The van der Waals surface area contributed by atoms with E-state index in [2.05, 4.69) is 15.2 Å². The maximum absolute atomic E-state index is 5.50. The molecule has 3 rings (SSSR count). The molecule has 5 nitrogen and oxygen atoms in total.